The average molecular weight is 360 g/mol. The fourth-order valence-corrected chi connectivity index (χ4v) is 2.39. The van der Waals surface area contributed by atoms with Crippen LogP contribution in [0.15, 0.2) is 42.5 Å². The molecule has 0 atom stereocenters. The van der Waals surface area contributed by atoms with Crippen LogP contribution in [0.1, 0.15) is 40.4 Å². The third-order valence-electron chi connectivity index (χ3n) is 3.47. The number of halogens is 1. The molecule has 0 fully saturated rings. The van der Waals surface area contributed by atoms with E-state index < -0.39 is 0 Å². The first-order valence-electron chi connectivity index (χ1n) is 8.23. The Labute approximate surface area is 152 Å². The molecule has 25 heavy (non-hydrogen) atoms. The van der Waals surface area contributed by atoms with Crippen LogP contribution in [0.2, 0.25) is 5.02 Å². The molecule has 1 aromatic carbocycles. The van der Waals surface area contributed by atoms with Gasteiger partial charge >= 0.3 is 0 Å². The third kappa shape index (κ3) is 6.19. The van der Waals surface area contributed by atoms with Crippen molar-refractivity contribution in [2.24, 2.45) is 5.92 Å². The van der Waals surface area contributed by atoms with Gasteiger partial charge in [-0.15, -0.1) is 0 Å². The number of carbonyl (C=O) groups excluding carboxylic acids is 2. The molecule has 1 aromatic heterocycles. The van der Waals surface area contributed by atoms with Crippen molar-refractivity contribution in [2.45, 2.75) is 20.3 Å². The topological polar surface area (TPSA) is 71.1 Å². The summed E-state index contributed by atoms with van der Waals surface area (Å²) in [5.74, 6) is -0.232. The molecule has 0 aliphatic carbocycles. The summed E-state index contributed by atoms with van der Waals surface area (Å²) in [7, 11) is 0. The van der Waals surface area contributed by atoms with Crippen LogP contribution in [-0.2, 0) is 6.42 Å². The molecule has 6 heteroatoms. The monoisotopic (exact) mass is 359 g/mol. The Morgan fingerprint density at radius 2 is 1.68 bits per heavy atom. The first-order valence-corrected chi connectivity index (χ1v) is 8.61. The zero-order chi connectivity index (χ0) is 18.2. The fourth-order valence-electron chi connectivity index (χ4n) is 2.18. The van der Waals surface area contributed by atoms with E-state index in [4.69, 9.17) is 11.6 Å². The van der Waals surface area contributed by atoms with Crippen LogP contribution in [0.25, 0.3) is 0 Å². The molecule has 0 unspecified atom stereocenters. The molecule has 0 saturated heterocycles. The number of aromatic nitrogens is 1. The third-order valence-corrected chi connectivity index (χ3v) is 3.71. The maximum atomic E-state index is 12.2. The van der Waals surface area contributed by atoms with Crippen LogP contribution < -0.4 is 10.6 Å². The van der Waals surface area contributed by atoms with Gasteiger partial charge in [0.15, 0.2) is 0 Å². The summed E-state index contributed by atoms with van der Waals surface area (Å²) in [5, 5.41) is 6.27. The Kier molecular flexibility index (Phi) is 6.95. The molecule has 0 spiro atoms. The zero-order valence-electron chi connectivity index (χ0n) is 14.4. The first-order chi connectivity index (χ1) is 12.0. The normalized spacial score (nSPS) is 10.6. The predicted octanol–water partition coefficient (Wildman–Crippen LogP) is 3.09. The van der Waals surface area contributed by atoms with Gasteiger partial charge in [0.1, 0.15) is 11.4 Å². The highest BCUT2D eigenvalue weighted by molar-refractivity contribution is 6.30. The van der Waals surface area contributed by atoms with E-state index in [9.17, 15) is 9.59 Å². The van der Waals surface area contributed by atoms with Crippen LogP contribution in [0.3, 0.4) is 0 Å². The molecule has 2 rings (SSSR count). The van der Waals surface area contributed by atoms with Crippen LogP contribution in [-0.4, -0.2) is 29.9 Å². The summed E-state index contributed by atoms with van der Waals surface area (Å²) in [6, 6.07) is 12.3. The maximum Gasteiger partial charge on any atom is 0.269 e. The number of nitrogens with one attached hydrogen (secondary N) is 2. The molecule has 2 amide bonds. The predicted molar refractivity (Wildman–Crippen MR) is 98.9 cm³/mol. The highest BCUT2D eigenvalue weighted by atomic mass is 35.5. The van der Waals surface area contributed by atoms with Gasteiger partial charge in [-0.25, -0.2) is 4.98 Å². The first kappa shape index (κ1) is 18.9. The number of pyridine rings is 1. The van der Waals surface area contributed by atoms with Crippen molar-refractivity contribution in [1.29, 1.82) is 0 Å². The van der Waals surface area contributed by atoms with Gasteiger partial charge in [-0.05, 0) is 42.2 Å². The van der Waals surface area contributed by atoms with Crippen molar-refractivity contribution in [1.82, 2.24) is 15.6 Å². The maximum absolute atomic E-state index is 12.2. The lowest BCUT2D eigenvalue weighted by molar-refractivity contribution is 0.0941. The highest BCUT2D eigenvalue weighted by Gasteiger charge is 2.12. The van der Waals surface area contributed by atoms with E-state index in [2.05, 4.69) is 15.6 Å². The molecule has 5 nitrogen and oxygen atoms in total. The van der Waals surface area contributed by atoms with Crippen molar-refractivity contribution in [3.8, 4) is 0 Å². The number of carbonyl (C=O) groups is 2. The van der Waals surface area contributed by atoms with Crippen molar-refractivity contribution < 1.29 is 9.59 Å². The fraction of sp³-hybridized carbons (Fsp3) is 0.316. The molecule has 1 heterocycles. The molecule has 2 N–H and O–H groups in total. The number of hydrogen-bond acceptors (Lipinski definition) is 3. The van der Waals surface area contributed by atoms with E-state index in [1.807, 2.05) is 38.1 Å². The minimum Gasteiger partial charge on any atom is -0.350 e. The molecule has 0 aliphatic rings. The molecule has 0 radical (unpaired) electrons. The summed E-state index contributed by atoms with van der Waals surface area (Å²) in [4.78, 5) is 28.4. The van der Waals surface area contributed by atoms with Gasteiger partial charge in [-0.3, -0.25) is 9.59 Å². The minimum absolute atomic E-state index is 0.225. The minimum atomic E-state index is -0.305. The summed E-state index contributed by atoms with van der Waals surface area (Å²) >= 11 is 5.94. The second-order valence-corrected chi connectivity index (χ2v) is 6.58. The Morgan fingerprint density at radius 3 is 2.32 bits per heavy atom. The van der Waals surface area contributed by atoms with Gasteiger partial charge in [0, 0.05) is 18.1 Å². The van der Waals surface area contributed by atoms with Gasteiger partial charge in [-0.1, -0.05) is 43.6 Å². The molecular formula is C19H22ClN3O2. The molecule has 132 valence electrons. The van der Waals surface area contributed by atoms with E-state index >= 15 is 0 Å². The molecule has 0 aliphatic heterocycles. The SMILES string of the molecule is CC(C)CNC(=O)c1cccc(C(=O)NCCc2cccc(Cl)c2)n1. The lowest BCUT2D eigenvalue weighted by atomic mass is 10.1. The van der Waals surface area contributed by atoms with Gasteiger partial charge in [0.05, 0.1) is 0 Å². The van der Waals surface area contributed by atoms with Crippen LogP contribution in [0.4, 0.5) is 0 Å². The average Bonchev–Trinajstić information content (AvgIpc) is 2.59. The summed E-state index contributed by atoms with van der Waals surface area (Å²) in [5.41, 5.74) is 1.51. The summed E-state index contributed by atoms with van der Waals surface area (Å²) in [6.45, 7) is 5.05. The number of hydrogen-bond donors (Lipinski definition) is 2. The van der Waals surface area contributed by atoms with Crippen LogP contribution in [0, 0.1) is 5.92 Å². The molecule has 0 saturated carbocycles. The number of benzene rings is 1. The van der Waals surface area contributed by atoms with Gasteiger partial charge in [0.25, 0.3) is 11.8 Å². The second kappa shape index (κ2) is 9.18. The van der Waals surface area contributed by atoms with E-state index in [0.717, 1.165) is 5.56 Å². The Balaban J connectivity index is 1.91. The Bertz CT molecular complexity index is 747. The van der Waals surface area contributed by atoms with Crippen molar-refractivity contribution in [3.05, 3.63) is 64.4 Å². The number of amides is 2. The van der Waals surface area contributed by atoms with Crippen molar-refractivity contribution >= 4 is 23.4 Å². The Morgan fingerprint density at radius 1 is 1.04 bits per heavy atom. The largest absolute Gasteiger partial charge is 0.350 e. The van der Waals surface area contributed by atoms with E-state index in [1.165, 1.54) is 0 Å². The highest BCUT2D eigenvalue weighted by Crippen LogP contribution is 2.10. The summed E-state index contributed by atoms with van der Waals surface area (Å²) < 4.78 is 0. The number of nitrogens with zero attached hydrogens (tertiary/aromatic N) is 1. The molecule has 2 aromatic rings. The second-order valence-electron chi connectivity index (χ2n) is 6.15. The number of rotatable bonds is 7. The van der Waals surface area contributed by atoms with E-state index in [1.54, 1.807) is 18.2 Å². The van der Waals surface area contributed by atoms with Gasteiger partial charge in [0.2, 0.25) is 0 Å². The standard InChI is InChI=1S/C19H22ClN3O2/c1-13(2)12-22-19(25)17-8-4-7-16(23-17)18(24)21-10-9-14-5-3-6-15(20)11-14/h3-8,11,13H,9-10,12H2,1-2H3,(H,21,24)(H,22,25). The van der Waals surface area contributed by atoms with Crippen molar-refractivity contribution in [3.63, 3.8) is 0 Å². The van der Waals surface area contributed by atoms with Gasteiger partial charge in [-0.2, -0.15) is 0 Å². The lowest BCUT2D eigenvalue weighted by Gasteiger charge is -2.09. The zero-order valence-corrected chi connectivity index (χ0v) is 15.1. The smallest absolute Gasteiger partial charge is 0.269 e. The molecular weight excluding hydrogens is 338 g/mol. The quantitative estimate of drug-likeness (QED) is 0.798. The van der Waals surface area contributed by atoms with Crippen LogP contribution in [0.5, 0.6) is 0 Å². The van der Waals surface area contributed by atoms with Gasteiger partial charge < -0.3 is 10.6 Å². The lowest BCUT2D eigenvalue weighted by Crippen LogP contribution is -2.30. The van der Waals surface area contributed by atoms with Crippen molar-refractivity contribution in [2.75, 3.05) is 13.1 Å². The summed E-state index contributed by atoms with van der Waals surface area (Å²) in [6.07, 6.45) is 0.668. The van der Waals surface area contributed by atoms with E-state index in [-0.39, 0.29) is 23.2 Å². The Hall–Kier alpha value is -2.40. The van der Waals surface area contributed by atoms with E-state index in [0.29, 0.717) is 30.5 Å². The molecule has 0 bridgehead atoms. The van der Waals surface area contributed by atoms with Crippen LogP contribution >= 0.6 is 11.6 Å².